The normalized spacial score (nSPS) is 17.8. The molecule has 126 valence electrons. The number of hydrogen-bond acceptors (Lipinski definition) is 5. The molecule has 0 aliphatic carbocycles. The second kappa shape index (κ2) is 7.29. The van der Waals surface area contributed by atoms with Crippen LogP contribution in [0.25, 0.3) is 0 Å². The van der Waals surface area contributed by atoms with E-state index in [0.29, 0.717) is 0 Å². The summed E-state index contributed by atoms with van der Waals surface area (Å²) >= 11 is 7.47. The number of halogens is 1. The zero-order valence-electron chi connectivity index (χ0n) is 12.8. The van der Waals surface area contributed by atoms with E-state index < -0.39 is 4.92 Å². The lowest BCUT2D eigenvalue weighted by Gasteiger charge is -2.22. The molecule has 0 spiro atoms. The molecule has 1 atom stereocenters. The summed E-state index contributed by atoms with van der Waals surface area (Å²) < 4.78 is 0. The third-order valence-electron chi connectivity index (χ3n) is 4.01. The molecule has 1 aromatic heterocycles. The molecule has 3 rings (SSSR count). The molecular weight excluding hydrogens is 350 g/mol. The van der Waals surface area contributed by atoms with Gasteiger partial charge in [-0.25, -0.2) is 0 Å². The first-order chi connectivity index (χ1) is 11.5. The minimum Gasteiger partial charge on any atom is -0.319 e. The quantitative estimate of drug-likeness (QED) is 0.639. The largest absolute Gasteiger partial charge is 0.319 e. The van der Waals surface area contributed by atoms with Crippen molar-refractivity contribution in [2.24, 2.45) is 0 Å². The Kier molecular flexibility index (Phi) is 5.13. The number of nitrogens with zero attached hydrogens (tertiary/aromatic N) is 2. The SMILES string of the molecule is O=C(CN1CCC[C@@H]1c1cccs1)Nc1ccc(Cl)cc1[N+](=O)[O-]. The van der Waals surface area contributed by atoms with E-state index in [4.69, 9.17) is 11.6 Å². The maximum absolute atomic E-state index is 12.3. The monoisotopic (exact) mass is 365 g/mol. The van der Waals surface area contributed by atoms with Gasteiger partial charge in [-0.3, -0.25) is 19.8 Å². The Morgan fingerprint density at radius 2 is 2.29 bits per heavy atom. The predicted octanol–water partition coefficient (Wildman–Crippen LogP) is 4.09. The summed E-state index contributed by atoms with van der Waals surface area (Å²) in [5.41, 5.74) is -0.0339. The van der Waals surface area contributed by atoms with Gasteiger partial charge in [0.05, 0.1) is 11.5 Å². The lowest BCUT2D eigenvalue weighted by Crippen LogP contribution is -2.32. The number of carbonyl (C=O) groups excluding carboxylic acids is 1. The van der Waals surface area contributed by atoms with Crippen LogP contribution in [0.15, 0.2) is 35.7 Å². The standard InChI is InChI=1S/C16H16ClN3O3S/c17-11-5-6-12(14(9-11)20(22)23)18-16(21)10-19-7-1-3-13(19)15-4-2-8-24-15/h2,4-6,8-9,13H,1,3,7,10H2,(H,18,21)/t13-/m1/s1. The second-order valence-electron chi connectivity index (χ2n) is 5.61. The summed E-state index contributed by atoms with van der Waals surface area (Å²) in [4.78, 5) is 26.2. The van der Waals surface area contributed by atoms with Gasteiger partial charge in [-0.15, -0.1) is 11.3 Å². The fourth-order valence-corrected chi connectivity index (χ4v) is 4.02. The molecule has 1 N–H and O–H groups in total. The number of amides is 1. The Labute approximate surface area is 148 Å². The number of benzene rings is 1. The van der Waals surface area contributed by atoms with Crippen molar-refractivity contribution >= 4 is 40.2 Å². The molecular formula is C16H16ClN3O3S. The van der Waals surface area contributed by atoms with Gasteiger partial charge in [-0.1, -0.05) is 17.7 Å². The van der Waals surface area contributed by atoms with Gasteiger partial charge in [-0.2, -0.15) is 0 Å². The van der Waals surface area contributed by atoms with Crippen LogP contribution < -0.4 is 5.32 Å². The lowest BCUT2D eigenvalue weighted by atomic mass is 10.2. The fourth-order valence-electron chi connectivity index (χ4n) is 2.95. The Morgan fingerprint density at radius 1 is 1.46 bits per heavy atom. The van der Waals surface area contributed by atoms with Gasteiger partial charge in [0.1, 0.15) is 5.69 Å². The molecule has 1 fully saturated rings. The molecule has 1 saturated heterocycles. The van der Waals surface area contributed by atoms with Gasteiger partial charge >= 0.3 is 0 Å². The van der Waals surface area contributed by atoms with E-state index in [0.717, 1.165) is 19.4 Å². The highest BCUT2D eigenvalue weighted by molar-refractivity contribution is 7.10. The summed E-state index contributed by atoms with van der Waals surface area (Å²) in [5.74, 6) is -0.260. The first-order valence-corrected chi connectivity index (χ1v) is 8.81. The maximum Gasteiger partial charge on any atom is 0.294 e. The van der Waals surface area contributed by atoms with E-state index in [9.17, 15) is 14.9 Å². The zero-order chi connectivity index (χ0) is 17.1. The van der Waals surface area contributed by atoms with Crippen molar-refractivity contribution in [3.63, 3.8) is 0 Å². The zero-order valence-corrected chi connectivity index (χ0v) is 14.3. The van der Waals surface area contributed by atoms with E-state index in [-0.39, 0.29) is 34.9 Å². The van der Waals surface area contributed by atoms with Crippen LogP contribution in [-0.2, 0) is 4.79 Å². The first kappa shape index (κ1) is 16.9. The van der Waals surface area contributed by atoms with Crippen molar-refractivity contribution in [2.45, 2.75) is 18.9 Å². The van der Waals surface area contributed by atoms with E-state index >= 15 is 0 Å². The van der Waals surface area contributed by atoms with Gasteiger partial charge in [-0.05, 0) is 43.0 Å². The average Bonchev–Trinajstić information content (AvgIpc) is 3.19. The van der Waals surface area contributed by atoms with Crippen molar-refractivity contribution in [3.8, 4) is 0 Å². The Balaban J connectivity index is 1.69. The van der Waals surface area contributed by atoms with Gasteiger partial charge in [0.2, 0.25) is 5.91 Å². The Morgan fingerprint density at radius 3 is 3.00 bits per heavy atom. The van der Waals surface area contributed by atoms with Crippen molar-refractivity contribution in [1.82, 2.24) is 4.90 Å². The molecule has 0 bridgehead atoms. The number of anilines is 1. The summed E-state index contributed by atoms with van der Waals surface area (Å²) in [6.07, 6.45) is 2.06. The van der Waals surface area contributed by atoms with Crippen LogP contribution in [0, 0.1) is 10.1 Å². The maximum atomic E-state index is 12.3. The number of carbonyl (C=O) groups is 1. The highest BCUT2D eigenvalue weighted by atomic mass is 35.5. The van der Waals surface area contributed by atoms with Crippen LogP contribution in [-0.4, -0.2) is 28.8 Å². The van der Waals surface area contributed by atoms with Gasteiger partial charge < -0.3 is 5.32 Å². The van der Waals surface area contributed by atoms with Crippen LogP contribution in [0.3, 0.4) is 0 Å². The van der Waals surface area contributed by atoms with Crippen molar-refractivity contribution < 1.29 is 9.72 Å². The molecule has 1 aromatic carbocycles. The number of rotatable bonds is 5. The minimum absolute atomic E-state index is 0.168. The summed E-state index contributed by atoms with van der Waals surface area (Å²) in [7, 11) is 0. The summed E-state index contributed by atoms with van der Waals surface area (Å²) in [6.45, 7) is 1.06. The fraction of sp³-hybridized carbons (Fsp3) is 0.312. The smallest absolute Gasteiger partial charge is 0.294 e. The highest BCUT2D eigenvalue weighted by Gasteiger charge is 2.28. The second-order valence-corrected chi connectivity index (χ2v) is 7.03. The van der Waals surface area contributed by atoms with Crippen LogP contribution in [0.1, 0.15) is 23.8 Å². The molecule has 0 saturated carbocycles. The Bertz CT molecular complexity index is 751. The summed E-state index contributed by atoms with van der Waals surface area (Å²) in [6, 6.07) is 8.55. The third kappa shape index (κ3) is 3.75. The van der Waals surface area contributed by atoms with Gasteiger partial charge in [0.15, 0.2) is 0 Å². The van der Waals surface area contributed by atoms with E-state index in [1.165, 1.54) is 23.1 Å². The molecule has 1 amide bonds. The van der Waals surface area contributed by atoms with E-state index in [1.54, 1.807) is 11.3 Å². The van der Waals surface area contributed by atoms with Gasteiger partial charge in [0, 0.05) is 22.0 Å². The molecule has 2 aromatic rings. The molecule has 2 heterocycles. The summed E-state index contributed by atoms with van der Waals surface area (Å²) in [5, 5.41) is 16.0. The van der Waals surface area contributed by atoms with E-state index in [2.05, 4.69) is 16.3 Å². The Hall–Kier alpha value is -1.96. The number of likely N-dealkylation sites (tertiary alicyclic amines) is 1. The van der Waals surface area contributed by atoms with Crippen molar-refractivity contribution in [1.29, 1.82) is 0 Å². The van der Waals surface area contributed by atoms with Crippen molar-refractivity contribution in [3.05, 3.63) is 55.7 Å². The first-order valence-electron chi connectivity index (χ1n) is 7.56. The molecule has 0 unspecified atom stereocenters. The van der Waals surface area contributed by atoms with Crippen molar-refractivity contribution in [2.75, 3.05) is 18.4 Å². The predicted molar refractivity (Wildman–Crippen MR) is 94.6 cm³/mol. The number of nitro groups is 1. The van der Waals surface area contributed by atoms with Crippen LogP contribution in [0.2, 0.25) is 5.02 Å². The van der Waals surface area contributed by atoms with Crippen LogP contribution >= 0.6 is 22.9 Å². The average molecular weight is 366 g/mol. The molecule has 24 heavy (non-hydrogen) atoms. The number of thiophene rings is 1. The van der Waals surface area contributed by atoms with Crippen LogP contribution in [0.5, 0.6) is 0 Å². The molecule has 6 nitrogen and oxygen atoms in total. The minimum atomic E-state index is -0.550. The number of nitro benzene ring substituents is 1. The number of hydrogen-bond donors (Lipinski definition) is 1. The van der Waals surface area contributed by atoms with E-state index in [1.807, 2.05) is 11.4 Å². The molecule has 1 aliphatic rings. The third-order valence-corrected chi connectivity index (χ3v) is 5.22. The van der Waals surface area contributed by atoms with Gasteiger partial charge in [0.25, 0.3) is 5.69 Å². The topological polar surface area (TPSA) is 75.5 Å². The highest BCUT2D eigenvalue weighted by Crippen LogP contribution is 2.34. The molecule has 8 heteroatoms. The van der Waals surface area contributed by atoms with Crippen LogP contribution in [0.4, 0.5) is 11.4 Å². The number of nitrogens with one attached hydrogen (secondary N) is 1. The molecule has 0 radical (unpaired) electrons. The molecule has 1 aliphatic heterocycles. The lowest BCUT2D eigenvalue weighted by molar-refractivity contribution is -0.383.